The number of hydrogen-bond donors (Lipinski definition) is 0. The van der Waals surface area contributed by atoms with Crippen LogP contribution in [0, 0.1) is 11.3 Å². The van der Waals surface area contributed by atoms with E-state index in [1.165, 1.54) is 50.0 Å². The first kappa shape index (κ1) is 15.5. The zero-order chi connectivity index (χ0) is 17.7. The largest absolute Gasteiger partial charge is 0.469 e. The zero-order valence-corrected chi connectivity index (χ0v) is 15.8. The second-order valence-corrected chi connectivity index (χ2v) is 9.41. The lowest BCUT2D eigenvalue weighted by Gasteiger charge is -2.70. The van der Waals surface area contributed by atoms with Gasteiger partial charge in [0, 0.05) is 24.2 Å². The summed E-state index contributed by atoms with van der Waals surface area (Å²) in [5, 5.41) is 0. The molecule has 0 aromatic heterocycles. The van der Waals surface area contributed by atoms with Crippen molar-refractivity contribution in [2.24, 2.45) is 11.3 Å². The normalized spacial score (nSPS) is 45.2. The molecule has 2 bridgehead atoms. The third-order valence-electron chi connectivity index (χ3n) is 9.12. The van der Waals surface area contributed by atoms with Gasteiger partial charge < -0.3 is 9.64 Å². The van der Waals surface area contributed by atoms with Crippen LogP contribution < -0.4 is 4.90 Å². The van der Waals surface area contributed by atoms with Crippen molar-refractivity contribution in [3.05, 3.63) is 29.8 Å². The topological polar surface area (TPSA) is 32.8 Å². The monoisotopic (exact) mass is 352 g/mol. The number of hydrogen-bond acceptors (Lipinski definition) is 4. The van der Waals surface area contributed by atoms with E-state index in [4.69, 9.17) is 4.74 Å². The van der Waals surface area contributed by atoms with Gasteiger partial charge in [0.15, 0.2) is 0 Å². The standard InChI is InChI=1S/C22H28N2O2/c1-23-17-7-4-3-6-15(17)21-11-13-24-12-5-8-20(19(21)24)9-10-22(21,23)16(14-20)18(25)26-2/h3-4,6-7,16,19H,5,8-14H2,1-2H3/t16-,19-,20+,21?,22+/m0/s1. The van der Waals surface area contributed by atoms with Crippen molar-refractivity contribution in [1.29, 1.82) is 0 Å². The summed E-state index contributed by atoms with van der Waals surface area (Å²) in [6, 6.07) is 9.60. The van der Waals surface area contributed by atoms with Gasteiger partial charge in [-0.25, -0.2) is 0 Å². The highest BCUT2D eigenvalue weighted by molar-refractivity contribution is 5.81. The number of piperidine rings is 1. The average Bonchev–Trinajstić information content (AvgIpc) is 3.19. The Balaban J connectivity index is 1.68. The van der Waals surface area contributed by atoms with Gasteiger partial charge in [0.2, 0.25) is 0 Å². The van der Waals surface area contributed by atoms with Gasteiger partial charge in [-0.1, -0.05) is 18.2 Å². The van der Waals surface area contributed by atoms with Crippen LogP contribution in [0.15, 0.2) is 24.3 Å². The Bertz CT molecular complexity index is 809. The fourth-order valence-corrected chi connectivity index (χ4v) is 8.57. The van der Waals surface area contributed by atoms with Gasteiger partial charge in [-0.3, -0.25) is 9.69 Å². The lowest BCUT2D eigenvalue weighted by atomic mass is 9.38. The molecule has 6 aliphatic rings. The smallest absolute Gasteiger partial charge is 0.311 e. The molecule has 4 nitrogen and oxygen atoms in total. The number of carbonyl (C=O) groups is 1. The Morgan fingerprint density at radius 3 is 2.85 bits per heavy atom. The van der Waals surface area contributed by atoms with Crippen molar-refractivity contribution in [2.75, 3.05) is 32.1 Å². The quantitative estimate of drug-likeness (QED) is 0.728. The molecule has 0 N–H and O–H groups in total. The van der Waals surface area contributed by atoms with Gasteiger partial charge >= 0.3 is 5.97 Å². The van der Waals surface area contributed by atoms with Gasteiger partial charge in [0.25, 0.3) is 0 Å². The molecule has 5 atom stereocenters. The number of anilines is 1. The summed E-state index contributed by atoms with van der Waals surface area (Å²) in [5.74, 6) is 0.0125. The third-order valence-corrected chi connectivity index (χ3v) is 9.12. The lowest BCUT2D eigenvalue weighted by Crippen LogP contribution is -2.78. The van der Waals surface area contributed by atoms with Gasteiger partial charge in [-0.2, -0.15) is 0 Å². The predicted octanol–water partition coefficient (Wildman–Crippen LogP) is 2.95. The van der Waals surface area contributed by atoms with Crippen molar-refractivity contribution >= 4 is 11.7 Å². The molecule has 3 heterocycles. The number of likely N-dealkylation sites (N-methyl/N-ethyl adjacent to an activating group) is 1. The number of fused-ring (bicyclic) bond motifs is 3. The fourth-order valence-electron chi connectivity index (χ4n) is 8.57. The van der Waals surface area contributed by atoms with Crippen molar-refractivity contribution in [1.82, 2.24) is 4.90 Å². The molecule has 1 unspecified atom stereocenters. The van der Waals surface area contributed by atoms with Crippen molar-refractivity contribution in [2.45, 2.75) is 55.5 Å². The highest BCUT2D eigenvalue weighted by atomic mass is 16.5. The van der Waals surface area contributed by atoms with Gasteiger partial charge in [0.05, 0.1) is 18.6 Å². The van der Waals surface area contributed by atoms with Crippen LogP contribution in [0.4, 0.5) is 5.69 Å². The molecule has 138 valence electrons. The zero-order valence-electron chi connectivity index (χ0n) is 15.8. The fraction of sp³-hybridized carbons (Fsp3) is 0.682. The second-order valence-electron chi connectivity index (χ2n) is 9.41. The van der Waals surface area contributed by atoms with E-state index in [1.807, 2.05) is 0 Å². The number of benzene rings is 1. The van der Waals surface area contributed by atoms with Crippen LogP contribution in [0.25, 0.3) is 0 Å². The molecular weight excluding hydrogens is 324 g/mol. The van der Waals surface area contributed by atoms with E-state index in [0.717, 1.165) is 12.8 Å². The summed E-state index contributed by atoms with van der Waals surface area (Å²) in [6.45, 7) is 2.42. The number of carbonyl (C=O) groups excluding carboxylic acids is 1. The van der Waals surface area contributed by atoms with Crippen LogP contribution >= 0.6 is 0 Å². The summed E-state index contributed by atoms with van der Waals surface area (Å²) in [4.78, 5) is 18.4. The Labute approximate surface area is 155 Å². The minimum atomic E-state index is -0.109. The van der Waals surface area contributed by atoms with Crippen molar-refractivity contribution < 1.29 is 9.53 Å². The van der Waals surface area contributed by atoms with E-state index in [-0.39, 0.29) is 22.8 Å². The minimum Gasteiger partial charge on any atom is -0.469 e. The summed E-state index contributed by atoms with van der Waals surface area (Å²) < 4.78 is 5.39. The maximum absolute atomic E-state index is 13.1. The van der Waals surface area contributed by atoms with Gasteiger partial charge in [-0.05, 0) is 68.7 Å². The predicted molar refractivity (Wildman–Crippen MR) is 100 cm³/mol. The molecular formula is C22H28N2O2. The summed E-state index contributed by atoms with van der Waals surface area (Å²) in [7, 11) is 3.82. The summed E-state index contributed by atoms with van der Waals surface area (Å²) in [6.07, 6.45) is 7.16. The molecule has 1 aromatic carbocycles. The van der Waals surface area contributed by atoms with Crippen LogP contribution in [-0.2, 0) is 14.9 Å². The molecule has 4 heteroatoms. The molecule has 5 fully saturated rings. The Kier molecular flexibility index (Phi) is 2.77. The molecule has 26 heavy (non-hydrogen) atoms. The van der Waals surface area contributed by atoms with Crippen molar-refractivity contribution in [3.63, 3.8) is 0 Å². The first-order valence-electron chi connectivity index (χ1n) is 10.3. The maximum Gasteiger partial charge on any atom is 0.311 e. The van der Waals surface area contributed by atoms with Crippen LogP contribution in [0.2, 0.25) is 0 Å². The minimum absolute atomic E-state index is 0.00653. The maximum atomic E-state index is 13.1. The average molecular weight is 352 g/mol. The highest BCUT2D eigenvalue weighted by Gasteiger charge is 2.80. The Hall–Kier alpha value is -1.55. The molecule has 3 aliphatic heterocycles. The Morgan fingerprint density at radius 2 is 2.00 bits per heavy atom. The lowest BCUT2D eigenvalue weighted by molar-refractivity contribution is -0.174. The van der Waals surface area contributed by atoms with Crippen LogP contribution in [-0.4, -0.2) is 49.7 Å². The van der Waals surface area contributed by atoms with E-state index in [0.29, 0.717) is 11.5 Å². The molecule has 0 amide bonds. The van der Waals surface area contributed by atoms with Crippen molar-refractivity contribution in [3.8, 4) is 0 Å². The first-order chi connectivity index (χ1) is 12.6. The van der Waals surface area contributed by atoms with Gasteiger partial charge in [0.1, 0.15) is 0 Å². The number of ether oxygens (including phenoxy) is 1. The van der Waals surface area contributed by atoms with Crippen LogP contribution in [0.5, 0.6) is 0 Å². The second kappa shape index (κ2) is 4.64. The molecule has 7 rings (SSSR count). The van der Waals surface area contributed by atoms with Crippen LogP contribution in [0.1, 0.15) is 44.1 Å². The van der Waals surface area contributed by atoms with Crippen LogP contribution in [0.3, 0.4) is 0 Å². The molecule has 3 saturated carbocycles. The van der Waals surface area contributed by atoms with Gasteiger partial charge in [-0.15, -0.1) is 0 Å². The van der Waals surface area contributed by atoms with E-state index in [1.54, 1.807) is 7.11 Å². The SMILES string of the molecule is COC(=O)[C@@H]1C[C@@]23CCCN4CCC5(c6ccccc6N(C)[C@]15CC2)[C@@H]43. The highest BCUT2D eigenvalue weighted by Crippen LogP contribution is 2.75. The summed E-state index contributed by atoms with van der Waals surface area (Å²) >= 11 is 0. The molecule has 1 aromatic rings. The summed E-state index contributed by atoms with van der Waals surface area (Å²) in [5.41, 5.74) is 3.14. The Morgan fingerprint density at radius 1 is 1.15 bits per heavy atom. The molecule has 0 radical (unpaired) electrons. The third kappa shape index (κ3) is 1.35. The molecule has 2 saturated heterocycles. The number of nitrogens with zero attached hydrogens (tertiary/aromatic N) is 2. The molecule has 3 aliphatic carbocycles. The van der Waals surface area contributed by atoms with E-state index in [9.17, 15) is 4.79 Å². The van der Waals surface area contributed by atoms with E-state index in [2.05, 4.69) is 41.1 Å². The van der Waals surface area contributed by atoms with E-state index >= 15 is 0 Å². The first-order valence-corrected chi connectivity index (χ1v) is 10.3. The number of esters is 1. The van der Waals surface area contributed by atoms with E-state index < -0.39 is 0 Å². The number of methoxy groups -OCH3 is 1. The number of rotatable bonds is 1. The molecule has 3 spiro atoms. The number of para-hydroxylation sites is 1.